The number of hydrogen-bond acceptors (Lipinski definition) is 4. The number of carbonyl (C=O) groups is 2. The molecule has 0 aromatic carbocycles. The Hall–Kier alpha value is -0.923. The molecule has 0 unspecified atom stereocenters. The highest BCUT2D eigenvalue weighted by Gasteiger charge is 2.60. The first-order valence-electron chi connectivity index (χ1n) is 8.75. The molecular weight excluding hydrogens is 322 g/mol. The lowest BCUT2D eigenvalue weighted by Gasteiger charge is -2.36. The van der Waals surface area contributed by atoms with Crippen LogP contribution in [0.4, 0.5) is 0 Å². The molecule has 0 aromatic rings. The van der Waals surface area contributed by atoms with Crippen LogP contribution < -0.4 is 10.6 Å². The highest BCUT2D eigenvalue weighted by molar-refractivity contribution is 6.74. The molecule has 0 radical (unpaired) electrons. The van der Waals surface area contributed by atoms with Crippen LogP contribution in [0.1, 0.15) is 41.5 Å². The van der Waals surface area contributed by atoms with Gasteiger partial charge in [-0.05, 0) is 38.9 Å². The number of rotatable bonds is 4. The van der Waals surface area contributed by atoms with Gasteiger partial charge in [0.05, 0.1) is 25.2 Å². The lowest BCUT2D eigenvalue weighted by atomic mass is 10.1. The standard InChI is InChI=1S/C17H33N3O3Si/c1-16(2,3)19-15(22)13-14-11(20(14)12(21)9-18-13)10-23-24(7,8)17(4,5)6/h11,13-14,18H,9-10H2,1-8H3,(H,19,22)/t11-,13-,14+,20?/m1/s1. The summed E-state index contributed by atoms with van der Waals surface area (Å²) in [5.74, 6) is 0.0171. The fourth-order valence-corrected chi connectivity index (χ4v) is 3.85. The van der Waals surface area contributed by atoms with Gasteiger partial charge in [-0.25, -0.2) is 0 Å². The summed E-state index contributed by atoms with van der Waals surface area (Å²) in [6.07, 6.45) is 0. The van der Waals surface area contributed by atoms with E-state index in [9.17, 15) is 9.59 Å². The van der Waals surface area contributed by atoms with Crippen molar-refractivity contribution in [3.8, 4) is 0 Å². The van der Waals surface area contributed by atoms with Crippen LogP contribution in [-0.4, -0.2) is 61.8 Å². The molecule has 0 aromatic heterocycles. The first kappa shape index (κ1) is 19.4. The summed E-state index contributed by atoms with van der Waals surface area (Å²) >= 11 is 0. The first-order valence-corrected chi connectivity index (χ1v) is 11.7. The van der Waals surface area contributed by atoms with Crippen LogP contribution in [0.2, 0.25) is 18.1 Å². The Morgan fingerprint density at radius 3 is 2.38 bits per heavy atom. The van der Waals surface area contributed by atoms with Crippen LogP contribution in [0.25, 0.3) is 0 Å². The molecule has 2 saturated heterocycles. The average molecular weight is 356 g/mol. The van der Waals surface area contributed by atoms with Crippen molar-refractivity contribution >= 4 is 20.1 Å². The van der Waals surface area contributed by atoms with Crippen molar-refractivity contribution in [3.05, 3.63) is 0 Å². The molecule has 0 bridgehead atoms. The van der Waals surface area contributed by atoms with Gasteiger partial charge in [-0.2, -0.15) is 0 Å². The monoisotopic (exact) mass is 355 g/mol. The molecule has 3 atom stereocenters. The van der Waals surface area contributed by atoms with Gasteiger partial charge in [0.15, 0.2) is 8.32 Å². The van der Waals surface area contributed by atoms with Crippen molar-refractivity contribution in [1.29, 1.82) is 0 Å². The first-order chi connectivity index (χ1) is 10.7. The summed E-state index contributed by atoms with van der Waals surface area (Å²) in [5.41, 5.74) is -0.285. The second-order valence-corrected chi connectivity index (χ2v) is 14.3. The summed E-state index contributed by atoms with van der Waals surface area (Å²) in [5, 5.41) is 6.23. The Bertz CT molecular complexity index is 522. The predicted octanol–water partition coefficient (Wildman–Crippen LogP) is 1.47. The molecule has 6 nitrogen and oxygen atoms in total. The maximum Gasteiger partial charge on any atom is 0.239 e. The van der Waals surface area contributed by atoms with Gasteiger partial charge >= 0.3 is 0 Å². The number of amides is 2. The summed E-state index contributed by atoms with van der Waals surface area (Å²) in [4.78, 5) is 26.4. The van der Waals surface area contributed by atoms with Gasteiger partial charge in [0.25, 0.3) is 0 Å². The van der Waals surface area contributed by atoms with Crippen LogP contribution in [-0.2, 0) is 14.0 Å². The van der Waals surface area contributed by atoms with Gasteiger partial charge < -0.3 is 14.6 Å². The molecule has 0 saturated carbocycles. The Balaban J connectivity index is 2.01. The van der Waals surface area contributed by atoms with Crippen LogP contribution >= 0.6 is 0 Å². The van der Waals surface area contributed by atoms with Gasteiger partial charge in [0.2, 0.25) is 11.8 Å². The third kappa shape index (κ3) is 4.00. The Morgan fingerprint density at radius 2 is 1.88 bits per heavy atom. The van der Waals surface area contributed by atoms with Crippen molar-refractivity contribution in [2.24, 2.45) is 0 Å². The average Bonchev–Trinajstić information content (AvgIpc) is 3.08. The molecule has 138 valence electrons. The fraction of sp³-hybridized carbons (Fsp3) is 0.882. The maximum absolute atomic E-state index is 12.5. The van der Waals surface area contributed by atoms with Crippen molar-refractivity contribution in [2.75, 3.05) is 13.2 Å². The van der Waals surface area contributed by atoms with E-state index in [1.54, 1.807) is 0 Å². The molecule has 2 rings (SSSR count). The number of carbonyl (C=O) groups excluding carboxylic acids is 2. The van der Waals surface area contributed by atoms with E-state index >= 15 is 0 Å². The molecule has 2 aliphatic heterocycles. The number of nitrogens with zero attached hydrogens (tertiary/aromatic N) is 1. The van der Waals surface area contributed by atoms with E-state index < -0.39 is 8.32 Å². The summed E-state index contributed by atoms with van der Waals surface area (Å²) in [6.45, 7) is 17.6. The predicted molar refractivity (Wildman–Crippen MR) is 97.3 cm³/mol. The second-order valence-electron chi connectivity index (χ2n) is 9.53. The minimum Gasteiger partial charge on any atom is -0.415 e. The molecular formula is C17H33N3O3Si. The minimum absolute atomic E-state index is 0.0114. The molecule has 2 aliphatic rings. The van der Waals surface area contributed by atoms with E-state index in [4.69, 9.17) is 4.43 Å². The normalized spacial score (nSPS) is 27.8. The second kappa shape index (κ2) is 6.11. The number of hydrogen-bond donors (Lipinski definition) is 2. The SMILES string of the molecule is CC(C)(C)NC(=O)[C@@H]1NCC(=O)N2[C@H]1[C@H]2CO[Si](C)(C)C(C)(C)C. The van der Waals surface area contributed by atoms with Gasteiger partial charge in [-0.15, -0.1) is 0 Å². The number of fused-ring (bicyclic) bond motifs is 1. The molecule has 2 amide bonds. The highest BCUT2D eigenvalue weighted by atomic mass is 28.4. The fourth-order valence-electron chi connectivity index (χ4n) is 2.83. The van der Waals surface area contributed by atoms with E-state index in [2.05, 4.69) is 44.5 Å². The lowest BCUT2D eigenvalue weighted by molar-refractivity contribution is -0.130. The van der Waals surface area contributed by atoms with Crippen LogP contribution in [0.5, 0.6) is 0 Å². The Labute approximate surface area is 146 Å². The molecule has 24 heavy (non-hydrogen) atoms. The lowest BCUT2D eigenvalue weighted by Crippen LogP contribution is -2.57. The third-order valence-electron chi connectivity index (χ3n) is 5.29. The molecule has 0 spiro atoms. The van der Waals surface area contributed by atoms with E-state index in [-0.39, 0.29) is 47.1 Å². The molecule has 2 N–H and O–H groups in total. The topological polar surface area (TPSA) is 70.4 Å². The van der Waals surface area contributed by atoms with E-state index in [0.29, 0.717) is 6.61 Å². The van der Waals surface area contributed by atoms with Gasteiger partial charge in [-0.1, -0.05) is 20.8 Å². The zero-order valence-electron chi connectivity index (χ0n) is 16.3. The minimum atomic E-state index is -1.86. The zero-order valence-corrected chi connectivity index (χ0v) is 17.3. The van der Waals surface area contributed by atoms with E-state index in [1.165, 1.54) is 0 Å². The van der Waals surface area contributed by atoms with Crippen molar-refractivity contribution in [3.63, 3.8) is 0 Å². The molecule has 0 aliphatic carbocycles. The summed E-state index contributed by atoms with van der Waals surface area (Å²) in [7, 11) is -1.86. The summed E-state index contributed by atoms with van der Waals surface area (Å²) in [6, 6.07) is -0.425. The third-order valence-corrected chi connectivity index (χ3v) is 9.79. The molecule has 7 heteroatoms. The quantitative estimate of drug-likeness (QED) is 0.592. The van der Waals surface area contributed by atoms with Gasteiger partial charge in [0, 0.05) is 5.54 Å². The number of piperazine rings is 1. The largest absolute Gasteiger partial charge is 0.415 e. The zero-order chi connectivity index (χ0) is 18.5. The van der Waals surface area contributed by atoms with Gasteiger partial charge in [-0.3, -0.25) is 14.9 Å². The number of nitrogens with one attached hydrogen (secondary N) is 2. The Kier molecular flexibility index (Phi) is 4.94. The molecule has 2 fully saturated rings. The van der Waals surface area contributed by atoms with E-state index in [0.717, 1.165) is 0 Å². The highest BCUT2D eigenvalue weighted by Crippen LogP contribution is 2.39. The van der Waals surface area contributed by atoms with Crippen LogP contribution in [0.15, 0.2) is 0 Å². The smallest absolute Gasteiger partial charge is 0.239 e. The maximum atomic E-state index is 12.5. The van der Waals surface area contributed by atoms with Crippen LogP contribution in [0, 0.1) is 0 Å². The molecule has 2 heterocycles. The Morgan fingerprint density at radius 1 is 1.29 bits per heavy atom. The van der Waals surface area contributed by atoms with E-state index in [1.807, 2.05) is 25.7 Å². The summed E-state index contributed by atoms with van der Waals surface area (Å²) < 4.78 is 6.27. The van der Waals surface area contributed by atoms with Crippen molar-refractivity contribution in [1.82, 2.24) is 15.5 Å². The van der Waals surface area contributed by atoms with Gasteiger partial charge in [0.1, 0.15) is 6.04 Å². The van der Waals surface area contributed by atoms with Crippen molar-refractivity contribution < 1.29 is 14.0 Å². The van der Waals surface area contributed by atoms with Crippen LogP contribution in [0.3, 0.4) is 0 Å². The van der Waals surface area contributed by atoms with Crippen molar-refractivity contribution in [2.45, 2.75) is 83.3 Å².